The van der Waals surface area contributed by atoms with Crippen molar-refractivity contribution >= 4 is 5.91 Å². The van der Waals surface area contributed by atoms with Gasteiger partial charge in [0.1, 0.15) is 0 Å². The van der Waals surface area contributed by atoms with Crippen molar-refractivity contribution in [2.45, 2.75) is 57.8 Å². The summed E-state index contributed by atoms with van der Waals surface area (Å²) in [5, 5.41) is 9.03. The summed E-state index contributed by atoms with van der Waals surface area (Å²) in [5.74, 6) is 1.22. The van der Waals surface area contributed by atoms with Gasteiger partial charge in [0.05, 0.1) is 0 Å². The molecular formula is C15H27NO2. The molecule has 0 spiro atoms. The minimum absolute atomic E-state index is 0.260. The molecule has 1 saturated heterocycles. The van der Waals surface area contributed by atoms with Crippen LogP contribution in [0.5, 0.6) is 0 Å². The third-order valence-electron chi connectivity index (χ3n) is 4.57. The van der Waals surface area contributed by atoms with E-state index in [2.05, 4.69) is 4.90 Å². The van der Waals surface area contributed by atoms with Crippen LogP contribution in [0.1, 0.15) is 57.8 Å². The van der Waals surface area contributed by atoms with Crippen molar-refractivity contribution in [3.8, 4) is 0 Å². The molecule has 3 nitrogen and oxygen atoms in total. The molecule has 0 radical (unpaired) electrons. The SMILES string of the molecule is O=C(C1CCCCCC1)N1CCCC(CCO)C1. The molecule has 1 saturated carbocycles. The maximum Gasteiger partial charge on any atom is 0.225 e. The van der Waals surface area contributed by atoms with Gasteiger partial charge < -0.3 is 10.0 Å². The van der Waals surface area contributed by atoms with Gasteiger partial charge in [0.25, 0.3) is 0 Å². The average Bonchev–Trinajstić information content (AvgIpc) is 2.67. The Kier molecular flexibility index (Phi) is 5.48. The zero-order valence-electron chi connectivity index (χ0n) is 11.4. The summed E-state index contributed by atoms with van der Waals surface area (Å²) in [4.78, 5) is 14.6. The number of likely N-dealkylation sites (tertiary alicyclic amines) is 1. The normalized spacial score (nSPS) is 26.9. The Hall–Kier alpha value is -0.570. The molecule has 1 heterocycles. The van der Waals surface area contributed by atoms with E-state index in [0.717, 1.165) is 38.8 Å². The van der Waals surface area contributed by atoms with Gasteiger partial charge >= 0.3 is 0 Å². The van der Waals surface area contributed by atoms with Gasteiger partial charge in [-0.25, -0.2) is 0 Å². The fourth-order valence-electron chi connectivity index (χ4n) is 3.47. The van der Waals surface area contributed by atoms with Crippen molar-refractivity contribution in [2.24, 2.45) is 11.8 Å². The summed E-state index contributed by atoms with van der Waals surface area (Å²) >= 11 is 0. The first-order valence-electron chi connectivity index (χ1n) is 7.71. The molecule has 0 bridgehead atoms. The third-order valence-corrected chi connectivity index (χ3v) is 4.57. The van der Waals surface area contributed by atoms with E-state index in [1.165, 1.54) is 32.1 Å². The molecule has 18 heavy (non-hydrogen) atoms. The zero-order chi connectivity index (χ0) is 12.8. The highest BCUT2D eigenvalue weighted by molar-refractivity contribution is 5.79. The van der Waals surface area contributed by atoms with Gasteiger partial charge in [-0.3, -0.25) is 4.79 Å². The number of rotatable bonds is 3. The number of carbonyl (C=O) groups excluding carboxylic acids is 1. The minimum Gasteiger partial charge on any atom is -0.396 e. The molecule has 2 rings (SSSR count). The number of amides is 1. The molecule has 3 heteroatoms. The van der Waals surface area contributed by atoms with Crippen LogP contribution in [-0.2, 0) is 4.79 Å². The van der Waals surface area contributed by atoms with E-state index in [1.54, 1.807) is 0 Å². The Morgan fingerprint density at radius 2 is 1.78 bits per heavy atom. The van der Waals surface area contributed by atoms with E-state index in [9.17, 15) is 4.79 Å². The highest BCUT2D eigenvalue weighted by Gasteiger charge is 2.28. The maximum absolute atomic E-state index is 12.5. The van der Waals surface area contributed by atoms with Gasteiger partial charge in [-0.1, -0.05) is 25.7 Å². The quantitative estimate of drug-likeness (QED) is 0.785. The van der Waals surface area contributed by atoms with Crippen LogP contribution in [0, 0.1) is 11.8 Å². The van der Waals surface area contributed by atoms with Crippen molar-refractivity contribution in [1.29, 1.82) is 0 Å². The lowest BCUT2D eigenvalue weighted by molar-refractivity contribution is -0.138. The topological polar surface area (TPSA) is 40.5 Å². The van der Waals surface area contributed by atoms with E-state index in [4.69, 9.17) is 5.11 Å². The van der Waals surface area contributed by atoms with Gasteiger partial charge in [0, 0.05) is 25.6 Å². The van der Waals surface area contributed by atoms with Crippen LogP contribution < -0.4 is 0 Å². The monoisotopic (exact) mass is 253 g/mol. The zero-order valence-corrected chi connectivity index (χ0v) is 11.4. The van der Waals surface area contributed by atoms with E-state index < -0.39 is 0 Å². The molecule has 0 aromatic rings. The number of hydrogen-bond acceptors (Lipinski definition) is 2. The largest absolute Gasteiger partial charge is 0.396 e. The minimum atomic E-state index is 0.260. The van der Waals surface area contributed by atoms with E-state index in [1.807, 2.05) is 0 Å². The number of carbonyl (C=O) groups is 1. The first-order chi connectivity index (χ1) is 8.81. The molecule has 2 fully saturated rings. The molecule has 2 aliphatic rings. The molecule has 1 unspecified atom stereocenters. The van der Waals surface area contributed by atoms with Crippen LogP contribution in [0.2, 0.25) is 0 Å². The first kappa shape index (κ1) is 13.9. The van der Waals surface area contributed by atoms with Gasteiger partial charge in [-0.2, -0.15) is 0 Å². The van der Waals surface area contributed by atoms with E-state index >= 15 is 0 Å². The summed E-state index contributed by atoms with van der Waals surface area (Å²) in [6, 6.07) is 0. The van der Waals surface area contributed by atoms with Gasteiger partial charge in [0.2, 0.25) is 5.91 Å². The Bertz CT molecular complexity index is 257. The Morgan fingerprint density at radius 3 is 2.44 bits per heavy atom. The first-order valence-corrected chi connectivity index (χ1v) is 7.71. The van der Waals surface area contributed by atoms with Crippen molar-refractivity contribution in [3.63, 3.8) is 0 Å². The highest BCUT2D eigenvalue weighted by atomic mass is 16.3. The number of hydrogen-bond donors (Lipinski definition) is 1. The average molecular weight is 253 g/mol. The Morgan fingerprint density at radius 1 is 1.06 bits per heavy atom. The number of nitrogens with zero attached hydrogens (tertiary/aromatic N) is 1. The summed E-state index contributed by atoms with van der Waals surface area (Å²) in [5.41, 5.74) is 0. The number of aliphatic hydroxyl groups is 1. The lowest BCUT2D eigenvalue weighted by Crippen LogP contribution is -2.43. The second-order valence-corrected chi connectivity index (χ2v) is 5.99. The Labute approximate surface area is 111 Å². The van der Waals surface area contributed by atoms with Crippen molar-refractivity contribution in [2.75, 3.05) is 19.7 Å². The summed E-state index contributed by atoms with van der Waals surface area (Å²) < 4.78 is 0. The van der Waals surface area contributed by atoms with E-state index in [0.29, 0.717) is 17.7 Å². The predicted octanol–water partition coefficient (Wildman–Crippen LogP) is 2.58. The van der Waals surface area contributed by atoms with Crippen molar-refractivity contribution < 1.29 is 9.90 Å². The highest BCUT2D eigenvalue weighted by Crippen LogP contribution is 2.27. The molecule has 0 aromatic carbocycles. The van der Waals surface area contributed by atoms with Crippen LogP contribution >= 0.6 is 0 Å². The molecule has 104 valence electrons. The molecule has 0 aromatic heterocycles. The van der Waals surface area contributed by atoms with Gasteiger partial charge in [0.15, 0.2) is 0 Å². The summed E-state index contributed by atoms with van der Waals surface area (Å²) in [6.45, 7) is 2.09. The van der Waals surface area contributed by atoms with Crippen molar-refractivity contribution in [1.82, 2.24) is 4.90 Å². The lowest BCUT2D eigenvalue weighted by Gasteiger charge is -2.34. The number of aliphatic hydroxyl groups excluding tert-OH is 1. The number of piperidine rings is 1. The standard InChI is InChI=1S/C15H27NO2/c17-11-9-13-6-5-10-16(12-13)15(18)14-7-3-1-2-4-8-14/h13-14,17H,1-12H2. The second-order valence-electron chi connectivity index (χ2n) is 5.99. The van der Waals surface area contributed by atoms with Crippen LogP contribution in [-0.4, -0.2) is 35.6 Å². The fraction of sp³-hybridized carbons (Fsp3) is 0.933. The Balaban J connectivity index is 1.86. The predicted molar refractivity (Wildman–Crippen MR) is 72.2 cm³/mol. The lowest BCUT2D eigenvalue weighted by atomic mass is 9.92. The molecule has 1 N–H and O–H groups in total. The molecule has 1 atom stereocenters. The summed E-state index contributed by atoms with van der Waals surface area (Å²) in [7, 11) is 0. The van der Waals surface area contributed by atoms with Crippen molar-refractivity contribution in [3.05, 3.63) is 0 Å². The van der Waals surface area contributed by atoms with Crippen LogP contribution in [0.3, 0.4) is 0 Å². The fourth-order valence-corrected chi connectivity index (χ4v) is 3.47. The molecular weight excluding hydrogens is 226 g/mol. The van der Waals surface area contributed by atoms with Crippen LogP contribution in [0.25, 0.3) is 0 Å². The molecule has 1 aliphatic heterocycles. The van der Waals surface area contributed by atoms with Crippen LogP contribution in [0.4, 0.5) is 0 Å². The van der Waals surface area contributed by atoms with Gasteiger partial charge in [-0.15, -0.1) is 0 Å². The summed E-state index contributed by atoms with van der Waals surface area (Å²) in [6.07, 6.45) is 10.4. The van der Waals surface area contributed by atoms with Gasteiger partial charge in [-0.05, 0) is 38.0 Å². The smallest absolute Gasteiger partial charge is 0.225 e. The maximum atomic E-state index is 12.5. The molecule has 1 aliphatic carbocycles. The third kappa shape index (κ3) is 3.71. The van der Waals surface area contributed by atoms with E-state index in [-0.39, 0.29) is 6.61 Å². The van der Waals surface area contributed by atoms with Crippen LogP contribution in [0.15, 0.2) is 0 Å². The molecule has 1 amide bonds. The second kappa shape index (κ2) is 7.13.